The second-order valence-corrected chi connectivity index (χ2v) is 9.13. The van der Waals surface area contributed by atoms with Crippen molar-refractivity contribution in [1.82, 2.24) is 9.88 Å². The number of Topliss-reactive ketones (excluding diaryl/α,β-unsaturated/α-hetero) is 1. The lowest BCUT2D eigenvalue weighted by molar-refractivity contribution is -0.152. The first-order chi connectivity index (χ1) is 13.8. The van der Waals surface area contributed by atoms with E-state index >= 15 is 0 Å². The number of hydrogen-bond acceptors (Lipinski definition) is 7. The summed E-state index contributed by atoms with van der Waals surface area (Å²) in [6.45, 7) is 6.05. The van der Waals surface area contributed by atoms with Crippen LogP contribution in [-0.4, -0.2) is 46.7 Å². The fourth-order valence-corrected chi connectivity index (χ4v) is 5.18. The second kappa shape index (κ2) is 9.04. The van der Waals surface area contributed by atoms with E-state index in [1.165, 1.54) is 17.8 Å². The van der Waals surface area contributed by atoms with Crippen molar-refractivity contribution >= 4 is 29.0 Å². The number of amides is 1. The normalized spacial score (nSPS) is 28.1. The molecule has 1 saturated heterocycles. The van der Waals surface area contributed by atoms with Gasteiger partial charge in [0.2, 0.25) is 5.91 Å². The van der Waals surface area contributed by atoms with Gasteiger partial charge in [0, 0.05) is 30.1 Å². The van der Waals surface area contributed by atoms with Crippen molar-refractivity contribution in [2.24, 2.45) is 17.8 Å². The summed E-state index contributed by atoms with van der Waals surface area (Å²) < 4.78 is 5.19. The molecule has 0 spiro atoms. The number of ether oxygens (including phenoxy) is 1. The highest BCUT2D eigenvalue weighted by Crippen LogP contribution is 2.36. The summed E-state index contributed by atoms with van der Waals surface area (Å²) in [6.07, 6.45) is 3.36. The Bertz CT molecular complexity index is 830. The topological polar surface area (TPSA) is 100 Å². The highest BCUT2D eigenvalue weighted by atomic mass is 32.1. The maximum absolute atomic E-state index is 12.5. The average Bonchev–Trinajstić information content (AvgIpc) is 3.28. The smallest absolute Gasteiger partial charge is 0.311 e. The summed E-state index contributed by atoms with van der Waals surface area (Å²) in [7, 11) is 0. The van der Waals surface area contributed by atoms with E-state index in [-0.39, 0.29) is 18.4 Å². The summed E-state index contributed by atoms with van der Waals surface area (Å²) in [4.78, 5) is 43.4. The van der Waals surface area contributed by atoms with E-state index in [4.69, 9.17) is 4.74 Å². The zero-order valence-electron chi connectivity index (χ0n) is 17.1. The molecule has 3 rings (SSSR count). The molecule has 1 aliphatic carbocycles. The van der Waals surface area contributed by atoms with Gasteiger partial charge in [-0.15, -0.1) is 11.3 Å². The van der Waals surface area contributed by atoms with Gasteiger partial charge in [-0.05, 0) is 25.2 Å². The van der Waals surface area contributed by atoms with Crippen molar-refractivity contribution in [2.75, 3.05) is 13.2 Å². The lowest BCUT2D eigenvalue weighted by Gasteiger charge is -2.39. The summed E-state index contributed by atoms with van der Waals surface area (Å²) in [6, 6.07) is 2.10. The Kier molecular flexibility index (Phi) is 6.68. The zero-order valence-corrected chi connectivity index (χ0v) is 17.9. The number of carbonyl (C=O) groups is 3. The molecule has 2 heterocycles. The molecular formula is C21H27N3O4S. The number of carbonyl (C=O) groups excluding carboxylic acids is 3. The number of likely N-dealkylation sites (tertiary alicyclic amines) is 1. The number of esters is 1. The van der Waals surface area contributed by atoms with Crippen LogP contribution in [0.5, 0.6) is 0 Å². The molecule has 7 nitrogen and oxygen atoms in total. The van der Waals surface area contributed by atoms with Crippen molar-refractivity contribution in [3.05, 3.63) is 16.1 Å². The van der Waals surface area contributed by atoms with Gasteiger partial charge in [-0.2, -0.15) is 5.26 Å². The van der Waals surface area contributed by atoms with Gasteiger partial charge in [-0.1, -0.05) is 26.7 Å². The molecule has 2 fully saturated rings. The minimum absolute atomic E-state index is 0.0163. The molecule has 2 aliphatic rings. The Morgan fingerprint density at radius 3 is 2.83 bits per heavy atom. The number of nitrogens with zero attached hydrogens (tertiary/aromatic N) is 3. The third-order valence-corrected chi connectivity index (χ3v) is 7.27. The van der Waals surface area contributed by atoms with E-state index in [0.29, 0.717) is 23.4 Å². The van der Waals surface area contributed by atoms with Crippen molar-refractivity contribution in [2.45, 2.75) is 58.4 Å². The Balaban J connectivity index is 1.55. The average molecular weight is 418 g/mol. The maximum atomic E-state index is 12.5. The molecular weight excluding hydrogens is 390 g/mol. The van der Waals surface area contributed by atoms with Crippen LogP contribution >= 0.6 is 11.3 Å². The first-order valence-corrected chi connectivity index (χ1v) is 11.0. The van der Waals surface area contributed by atoms with Gasteiger partial charge in [-0.25, -0.2) is 4.98 Å². The minimum Gasteiger partial charge on any atom is -0.457 e. The molecule has 1 aliphatic heterocycles. The standard InChI is InChI=1S/C21H27N3O4S/c1-12-5-4-6-17(14(12)3)24-9-15(7-19(24)26)21(27)28-10-18(25)16(8-22)20-23-13(2)11-29-20/h11-12,14-17H,4-7,9-10H2,1-3H3/t12-,14-,15+,16+,17+/m0/s1. The molecule has 0 unspecified atom stereocenters. The first-order valence-electron chi connectivity index (χ1n) is 10.1. The molecule has 29 heavy (non-hydrogen) atoms. The van der Waals surface area contributed by atoms with Crippen molar-refractivity contribution in [1.29, 1.82) is 5.26 Å². The molecule has 0 aromatic carbocycles. The third-order valence-electron chi connectivity index (χ3n) is 6.25. The van der Waals surface area contributed by atoms with Crippen molar-refractivity contribution in [3.8, 4) is 6.07 Å². The fourth-order valence-electron chi connectivity index (χ4n) is 4.32. The number of aromatic nitrogens is 1. The molecule has 156 valence electrons. The SMILES string of the molecule is Cc1csc([C@H](C#N)C(=O)COC(=O)[C@@H]2CC(=O)N([C@@H]3CCC[C@H](C)[C@@H]3C)C2)n1. The van der Waals surface area contributed by atoms with Crippen LogP contribution in [0.2, 0.25) is 0 Å². The molecule has 1 saturated carbocycles. The third kappa shape index (κ3) is 4.67. The molecule has 0 radical (unpaired) electrons. The van der Waals surface area contributed by atoms with Gasteiger partial charge in [-0.3, -0.25) is 14.4 Å². The Morgan fingerprint density at radius 1 is 1.41 bits per heavy atom. The summed E-state index contributed by atoms with van der Waals surface area (Å²) in [5.74, 6) is -1.68. The first kappa shape index (κ1) is 21.4. The van der Waals surface area contributed by atoms with E-state index in [1.54, 1.807) is 12.3 Å². The van der Waals surface area contributed by atoms with Gasteiger partial charge in [0.1, 0.15) is 5.01 Å². The Labute approximate surface area is 175 Å². The van der Waals surface area contributed by atoms with Crippen LogP contribution in [0.4, 0.5) is 0 Å². The van der Waals surface area contributed by atoms with Crippen LogP contribution in [0.3, 0.4) is 0 Å². The quantitative estimate of drug-likeness (QED) is 0.660. The number of ketones is 1. The highest BCUT2D eigenvalue weighted by Gasteiger charge is 2.42. The van der Waals surface area contributed by atoms with Gasteiger partial charge in [0.15, 0.2) is 18.3 Å². The van der Waals surface area contributed by atoms with E-state index in [1.807, 2.05) is 11.0 Å². The summed E-state index contributed by atoms with van der Waals surface area (Å²) in [5.41, 5.74) is 0.742. The molecule has 1 amide bonds. The number of rotatable bonds is 6. The van der Waals surface area contributed by atoms with Gasteiger partial charge < -0.3 is 9.64 Å². The predicted molar refractivity (Wildman–Crippen MR) is 107 cm³/mol. The lowest BCUT2D eigenvalue weighted by atomic mass is 9.77. The molecule has 1 aromatic rings. The van der Waals surface area contributed by atoms with Crippen molar-refractivity contribution < 1.29 is 19.1 Å². The minimum atomic E-state index is -1.03. The number of thiazole rings is 1. The Morgan fingerprint density at radius 2 is 2.17 bits per heavy atom. The monoisotopic (exact) mass is 417 g/mol. The number of hydrogen-bond donors (Lipinski definition) is 0. The van der Waals surface area contributed by atoms with Crippen LogP contribution in [-0.2, 0) is 19.1 Å². The summed E-state index contributed by atoms with van der Waals surface area (Å²) in [5, 5.41) is 11.5. The van der Waals surface area contributed by atoms with E-state index < -0.39 is 30.2 Å². The van der Waals surface area contributed by atoms with Gasteiger partial charge in [0.25, 0.3) is 0 Å². The molecule has 1 aromatic heterocycles. The van der Waals surface area contributed by atoms with Gasteiger partial charge in [0.05, 0.1) is 12.0 Å². The van der Waals surface area contributed by atoms with Crippen LogP contribution in [0.15, 0.2) is 5.38 Å². The van der Waals surface area contributed by atoms with Crippen molar-refractivity contribution in [3.63, 3.8) is 0 Å². The van der Waals surface area contributed by atoms with E-state index in [0.717, 1.165) is 18.5 Å². The van der Waals surface area contributed by atoms with Crippen LogP contribution in [0.1, 0.15) is 56.2 Å². The lowest BCUT2D eigenvalue weighted by Crippen LogP contribution is -2.45. The maximum Gasteiger partial charge on any atom is 0.311 e. The number of nitriles is 1. The van der Waals surface area contributed by atoms with Crippen LogP contribution in [0.25, 0.3) is 0 Å². The zero-order chi connectivity index (χ0) is 21.1. The highest BCUT2D eigenvalue weighted by molar-refractivity contribution is 7.09. The molecule has 8 heteroatoms. The largest absolute Gasteiger partial charge is 0.457 e. The molecule has 0 N–H and O–H groups in total. The fraction of sp³-hybridized carbons (Fsp3) is 0.667. The van der Waals surface area contributed by atoms with E-state index in [9.17, 15) is 19.6 Å². The number of aryl methyl sites for hydroxylation is 1. The van der Waals surface area contributed by atoms with Gasteiger partial charge >= 0.3 is 5.97 Å². The summed E-state index contributed by atoms with van der Waals surface area (Å²) >= 11 is 1.24. The van der Waals surface area contributed by atoms with E-state index in [2.05, 4.69) is 18.8 Å². The molecule has 0 bridgehead atoms. The van der Waals surface area contributed by atoms with Crippen LogP contribution in [0, 0.1) is 36.0 Å². The second-order valence-electron chi connectivity index (χ2n) is 8.25. The predicted octanol–water partition coefficient (Wildman–Crippen LogP) is 2.84. The van der Waals surface area contributed by atoms with Crippen LogP contribution < -0.4 is 0 Å². The molecule has 5 atom stereocenters. The Hall–Kier alpha value is -2.27.